The van der Waals surface area contributed by atoms with Crippen molar-refractivity contribution in [3.63, 3.8) is 0 Å². The Balaban J connectivity index is 1.78. The molecule has 2 heterocycles. The largest absolute Gasteiger partial charge is 0.480 e. The summed E-state index contributed by atoms with van der Waals surface area (Å²) >= 11 is 5.83. The number of hydrogen-bond acceptors (Lipinski definition) is 6. The second-order valence-electron chi connectivity index (χ2n) is 7.79. The summed E-state index contributed by atoms with van der Waals surface area (Å²) in [6.45, 7) is 2.54. The fourth-order valence-electron chi connectivity index (χ4n) is 3.85. The molecule has 2 atom stereocenters. The lowest BCUT2D eigenvalue weighted by atomic mass is 10.2. The van der Waals surface area contributed by atoms with Gasteiger partial charge in [-0.2, -0.15) is 4.31 Å². The molecule has 2 fully saturated rings. The second kappa shape index (κ2) is 10.6. The zero-order chi connectivity index (χ0) is 24.2. The molecule has 0 bridgehead atoms. The number of amides is 2. The first kappa shape index (κ1) is 25.2. The molecule has 3 rings (SSSR count). The van der Waals surface area contributed by atoms with Crippen LogP contribution in [0, 0.1) is 0 Å². The van der Waals surface area contributed by atoms with Crippen molar-refractivity contribution in [1.29, 1.82) is 0 Å². The minimum Gasteiger partial charge on any atom is -0.480 e. The molecule has 180 valence electrons. The molecule has 2 aliphatic rings. The Morgan fingerprint density at radius 3 is 2.48 bits per heavy atom. The predicted molar refractivity (Wildman–Crippen MR) is 121 cm³/mol. The summed E-state index contributed by atoms with van der Waals surface area (Å²) in [6.07, 6.45) is 1.39. The lowest BCUT2D eigenvalue weighted by Crippen LogP contribution is -2.53. The number of carboxylic acids is 1. The van der Waals surface area contributed by atoms with Crippen molar-refractivity contribution in [2.75, 3.05) is 39.4 Å². The van der Waals surface area contributed by atoms with Gasteiger partial charge < -0.3 is 19.6 Å². The number of carboxylic acid groups (broad SMARTS) is 1. The zero-order valence-electron chi connectivity index (χ0n) is 18.1. The van der Waals surface area contributed by atoms with Crippen LogP contribution in [0.1, 0.15) is 18.9 Å². The number of sulfonamides is 1. The Bertz CT molecular complexity index is 1020. The number of hydrogen-bond donors (Lipinski definition) is 1. The summed E-state index contributed by atoms with van der Waals surface area (Å²) in [7, 11) is -4.25. The van der Waals surface area contributed by atoms with Crippen molar-refractivity contribution in [2.45, 2.75) is 25.4 Å². The minimum absolute atomic E-state index is 0.0842. The average molecular weight is 500 g/mol. The van der Waals surface area contributed by atoms with E-state index in [1.165, 1.54) is 11.0 Å². The van der Waals surface area contributed by atoms with Gasteiger partial charge in [0.1, 0.15) is 18.6 Å². The van der Waals surface area contributed by atoms with Crippen LogP contribution in [0.15, 0.2) is 29.7 Å². The normalized spacial score (nSPS) is 20.6. The molecular formula is C21H26ClN3O7S. The van der Waals surface area contributed by atoms with Crippen molar-refractivity contribution < 1.29 is 32.6 Å². The van der Waals surface area contributed by atoms with E-state index in [0.717, 1.165) is 5.41 Å². The third-order valence-corrected chi connectivity index (χ3v) is 7.40. The van der Waals surface area contributed by atoms with Crippen LogP contribution >= 0.6 is 11.6 Å². The number of aliphatic carboxylic acids is 1. The van der Waals surface area contributed by atoms with Gasteiger partial charge in [0.25, 0.3) is 0 Å². The van der Waals surface area contributed by atoms with Gasteiger partial charge in [-0.25, -0.2) is 8.42 Å². The molecule has 1 aromatic rings. The quantitative estimate of drug-likeness (QED) is 0.562. The van der Waals surface area contributed by atoms with E-state index >= 15 is 0 Å². The first-order valence-electron chi connectivity index (χ1n) is 10.4. The van der Waals surface area contributed by atoms with Gasteiger partial charge in [0.2, 0.25) is 21.8 Å². The Morgan fingerprint density at radius 2 is 1.88 bits per heavy atom. The molecule has 0 saturated carbocycles. The van der Waals surface area contributed by atoms with E-state index in [1.807, 2.05) is 0 Å². The highest BCUT2D eigenvalue weighted by molar-refractivity contribution is 7.92. The topological polar surface area (TPSA) is 125 Å². The van der Waals surface area contributed by atoms with E-state index in [0.29, 0.717) is 41.2 Å². The molecule has 10 nitrogen and oxygen atoms in total. The van der Waals surface area contributed by atoms with Crippen molar-refractivity contribution in [1.82, 2.24) is 14.1 Å². The Hall–Kier alpha value is -2.47. The highest BCUT2D eigenvalue weighted by Crippen LogP contribution is 2.24. The molecular weight excluding hydrogens is 474 g/mol. The highest BCUT2D eigenvalue weighted by atomic mass is 35.5. The van der Waals surface area contributed by atoms with Crippen molar-refractivity contribution in [2.24, 2.45) is 0 Å². The van der Waals surface area contributed by atoms with E-state index in [-0.39, 0.29) is 18.9 Å². The zero-order valence-corrected chi connectivity index (χ0v) is 19.7. The van der Waals surface area contributed by atoms with Crippen molar-refractivity contribution in [3.05, 3.63) is 40.3 Å². The molecule has 0 spiro atoms. The van der Waals surface area contributed by atoms with Gasteiger partial charge in [-0.1, -0.05) is 23.7 Å². The van der Waals surface area contributed by atoms with E-state index in [1.54, 1.807) is 36.1 Å². The van der Waals surface area contributed by atoms with Gasteiger partial charge >= 0.3 is 5.97 Å². The van der Waals surface area contributed by atoms with Crippen LogP contribution in [-0.2, 0) is 29.1 Å². The van der Waals surface area contributed by atoms with Gasteiger partial charge in [-0.3, -0.25) is 14.4 Å². The molecule has 33 heavy (non-hydrogen) atoms. The molecule has 0 aromatic heterocycles. The number of carbonyl (C=O) groups is 3. The summed E-state index contributed by atoms with van der Waals surface area (Å²) in [5.41, 5.74) is 0.544. The second-order valence-corrected chi connectivity index (χ2v) is 10.00. The van der Waals surface area contributed by atoms with Crippen molar-refractivity contribution in [3.8, 4) is 0 Å². The number of halogens is 1. The fourth-order valence-corrected chi connectivity index (χ4v) is 5.30. The maximum Gasteiger partial charge on any atom is 0.318 e. The number of benzene rings is 1. The van der Waals surface area contributed by atoms with E-state index in [9.17, 15) is 27.9 Å². The van der Waals surface area contributed by atoms with Gasteiger partial charge in [-0.15, -0.1) is 0 Å². The van der Waals surface area contributed by atoms with Crippen LogP contribution in [0.5, 0.6) is 0 Å². The Morgan fingerprint density at radius 1 is 1.24 bits per heavy atom. The number of likely N-dealkylation sites (tertiary alicyclic amines) is 1. The van der Waals surface area contributed by atoms with Crippen LogP contribution in [0.2, 0.25) is 5.02 Å². The molecule has 1 aromatic carbocycles. The lowest BCUT2D eigenvalue weighted by molar-refractivity contribution is -0.147. The van der Waals surface area contributed by atoms with Crippen LogP contribution in [-0.4, -0.2) is 96.9 Å². The first-order chi connectivity index (χ1) is 15.6. The van der Waals surface area contributed by atoms with Gasteiger partial charge in [0, 0.05) is 30.1 Å². The number of rotatable bonds is 8. The lowest BCUT2D eigenvalue weighted by Gasteiger charge is -2.33. The molecule has 0 aliphatic carbocycles. The average Bonchev–Trinajstić information content (AvgIpc) is 3.17. The summed E-state index contributed by atoms with van der Waals surface area (Å²) in [6, 6.07) is 4.40. The minimum atomic E-state index is -4.25. The molecule has 2 saturated heterocycles. The first-order valence-corrected chi connectivity index (χ1v) is 12.3. The third-order valence-electron chi connectivity index (χ3n) is 5.63. The summed E-state index contributed by atoms with van der Waals surface area (Å²) < 4.78 is 31.9. The maximum atomic E-state index is 13.1. The van der Waals surface area contributed by atoms with Crippen LogP contribution < -0.4 is 0 Å². The number of nitrogens with zero attached hydrogens (tertiary/aromatic N) is 3. The number of morpholine rings is 1. The van der Waals surface area contributed by atoms with Gasteiger partial charge in [-0.05, 0) is 37.1 Å². The maximum absolute atomic E-state index is 13.1. The third kappa shape index (κ3) is 6.11. The van der Waals surface area contributed by atoms with Crippen molar-refractivity contribution >= 4 is 45.5 Å². The van der Waals surface area contributed by atoms with Gasteiger partial charge in [0.15, 0.2) is 0 Å². The molecule has 1 N–H and O–H groups in total. The van der Waals surface area contributed by atoms with E-state index < -0.39 is 40.5 Å². The Labute approximate surface area is 197 Å². The standard InChI is InChI=1S/C21H26ClN3O7S/c1-15(20(28)23-9-11-32-12-10-23)24-8-6-18(21(24)29)25(14-19(26)27)33(30,31)13-7-16-2-4-17(22)5-3-16/h2-5,7,13,15,18H,6,8-12,14H2,1H3,(H,26,27)/t15-,18-/m0/s1. The summed E-state index contributed by atoms with van der Waals surface area (Å²) in [5, 5.41) is 10.7. The number of ether oxygens (including phenoxy) is 1. The summed E-state index contributed by atoms with van der Waals surface area (Å²) in [5.74, 6) is -2.22. The predicted octanol–water partition coefficient (Wildman–Crippen LogP) is 0.875. The molecule has 0 unspecified atom stereocenters. The molecule has 2 amide bonds. The van der Waals surface area contributed by atoms with Crippen LogP contribution in [0.4, 0.5) is 0 Å². The molecule has 12 heteroatoms. The van der Waals surface area contributed by atoms with Gasteiger partial charge in [0.05, 0.1) is 13.2 Å². The molecule has 0 radical (unpaired) electrons. The van der Waals surface area contributed by atoms with Crippen LogP contribution in [0.3, 0.4) is 0 Å². The van der Waals surface area contributed by atoms with E-state index in [2.05, 4.69) is 0 Å². The monoisotopic (exact) mass is 499 g/mol. The smallest absolute Gasteiger partial charge is 0.318 e. The SMILES string of the molecule is C[C@@H](C(=O)N1CCOCC1)N1CC[C@H](N(CC(=O)O)S(=O)(=O)C=Cc2ccc(Cl)cc2)C1=O. The van der Waals surface area contributed by atoms with E-state index in [4.69, 9.17) is 16.3 Å². The van der Waals surface area contributed by atoms with Crippen LogP contribution in [0.25, 0.3) is 6.08 Å². The summed E-state index contributed by atoms with van der Waals surface area (Å²) in [4.78, 5) is 40.2. The number of carbonyl (C=O) groups excluding carboxylic acids is 2. The Kier molecular flexibility index (Phi) is 8.11. The highest BCUT2D eigenvalue weighted by Gasteiger charge is 2.44. The fraction of sp³-hybridized carbons (Fsp3) is 0.476. The molecule has 2 aliphatic heterocycles.